The molecule has 0 amide bonds. The van der Waals surface area contributed by atoms with E-state index in [2.05, 4.69) is 6.92 Å². The second kappa shape index (κ2) is 24.3. The number of aryl methyl sites for hydroxylation is 1. The third-order valence-corrected chi connectivity index (χ3v) is 9.52. The number of hydrogen-bond donors (Lipinski definition) is 0. The lowest BCUT2D eigenvalue weighted by Gasteiger charge is -2.11. The molecule has 0 N–H and O–H groups in total. The van der Waals surface area contributed by atoms with Gasteiger partial charge < -0.3 is 14.2 Å². The number of rotatable bonds is 28. The Morgan fingerprint density at radius 3 is 1.69 bits per heavy atom. The zero-order valence-electron chi connectivity index (χ0n) is 27.0. The van der Waals surface area contributed by atoms with Gasteiger partial charge >= 0.3 is 0 Å². The molecule has 1 saturated heterocycles. The molecule has 1 aliphatic heterocycles. The van der Waals surface area contributed by atoms with E-state index in [0.29, 0.717) is 12.5 Å². The van der Waals surface area contributed by atoms with Gasteiger partial charge in [0.05, 0.1) is 37.4 Å². The Morgan fingerprint density at radius 1 is 0.667 bits per heavy atom. The van der Waals surface area contributed by atoms with E-state index in [1.54, 1.807) is 24.3 Å². The van der Waals surface area contributed by atoms with Crippen LogP contribution in [0.4, 0.5) is 0 Å². The van der Waals surface area contributed by atoms with E-state index in [9.17, 15) is 8.42 Å². The van der Waals surface area contributed by atoms with Crippen LogP contribution >= 0.6 is 0 Å². The number of unbranched alkanes of at least 4 members (excludes halogenated alkanes) is 16. The molecule has 0 radical (unpaired) electrons. The average Bonchev–Trinajstić information content (AvgIpc) is 3.43. The number of ether oxygens (including phenoxy) is 3. The molecule has 2 rings (SSSR count). The lowest BCUT2D eigenvalue weighted by atomic mass is 10.0. The lowest BCUT2D eigenvalue weighted by molar-refractivity contribution is 0.0141. The van der Waals surface area contributed by atoms with Crippen molar-refractivity contribution < 1.29 is 26.8 Å². The van der Waals surface area contributed by atoms with E-state index < -0.39 is 10.1 Å². The SMILES string of the molecule is CCCCCCCCCCCCCCCCOC[C@@H]1C[C@@H](COCCCCCCOS(=O)(=O)c2ccc(C)cc2)CO1. The van der Waals surface area contributed by atoms with Crippen LogP contribution in [-0.2, 0) is 28.5 Å². The van der Waals surface area contributed by atoms with Gasteiger partial charge in [0.25, 0.3) is 10.1 Å². The highest BCUT2D eigenvalue weighted by Crippen LogP contribution is 2.21. The summed E-state index contributed by atoms with van der Waals surface area (Å²) in [6, 6.07) is 6.75. The van der Waals surface area contributed by atoms with Crippen LogP contribution in [0.3, 0.4) is 0 Å². The van der Waals surface area contributed by atoms with E-state index in [4.69, 9.17) is 18.4 Å². The Labute approximate surface area is 258 Å². The van der Waals surface area contributed by atoms with Crippen molar-refractivity contribution in [1.29, 1.82) is 0 Å². The summed E-state index contributed by atoms with van der Waals surface area (Å²) < 4.78 is 47.2. The zero-order valence-corrected chi connectivity index (χ0v) is 27.8. The molecule has 2 atom stereocenters. The Hall–Kier alpha value is -0.990. The quantitative estimate of drug-likeness (QED) is 0.0696. The van der Waals surface area contributed by atoms with E-state index >= 15 is 0 Å². The number of benzene rings is 1. The van der Waals surface area contributed by atoms with Crippen LogP contribution in [0.25, 0.3) is 0 Å². The van der Waals surface area contributed by atoms with Gasteiger partial charge in [-0.05, 0) is 44.7 Å². The molecule has 1 aliphatic rings. The highest BCUT2D eigenvalue weighted by Gasteiger charge is 2.25. The van der Waals surface area contributed by atoms with Crippen LogP contribution in [0.2, 0.25) is 0 Å². The minimum absolute atomic E-state index is 0.210. The van der Waals surface area contributed by atoms with Crippen molar-refractivity contribution >= 4 is 10.1 Å². The minimum Gasteiger partial charge on any atom is -0.381 e. The molecule has 0 aliphatic carbocycles. The summed E-state index contributed by atoms with van der Waals surface area (Å²) in [6.45, 7) is 8.23. The van der Waals surface area contributed by atoms with Gasteiger partial charge in [-0.3, -0.25) is 4.18 Å². The first-order valence-corrected chi connectivity index (χ1v) is 18.6. The highest BCUT2D eigenvalue weighted by atomic mass is 32.2. The molecule has 1 heterocycles. The molecule has 0 aromatic heterocycles. The summed E-state index contributed by atoms with van der Waals surface area (Å²) in [6.07, 6.45) is 24.2. The summed E-state index contributed by atoms with van der Waals surface area (Å²) >= 11 is 0. The van der Waals surface area contributed by atoms with Gasteiger partial charge in [0.2, 0.25) is 0 Å². The van der Waals surface area contributed by atoms with Gasteiger partial charge in [0, 0.05) is 19.1 Å². The fourth-order valence-electron chi connectivity index (χ4n) is 5.48. The van der Waals surface area contributed by atoms with E-state index in [0.717, 1.165) is 70.5 Å². The first-order chi connectivity index (χ1) is 20.5. The van der Waals surface area contributed by atoms with Crippen LogP contribution in [0.1, 0.15) is 134 Å². The van der Waals surface area contributed by atoms with Gasteiger partial charge in [0.1, 0.15) is 0 Å². The Morgan fingerprint density at radius 2 is 1.14 bits per heavy atom. The second-order valence-electron chi connectivity index (χ2n) is 12.3. The molecule has 1 aromatic rings. The largest absolute Gasteiger partial charge is 0.381 e. The Balaban J connectivity index is 1.30. The van der Waals surface area contributed by atoms with Crippen molar-refractivity contribution in [3.05, 3.63) is 29.8 Å². The molecule has 0 saturated carbocycles. The third kappa shape index (κ3) is 18.6. The third-order valence-electron chi connectivity index (χ3n) is 8.19. The molecule has 0 unspecified atom stereocenters. The fraction of sp³-hybridized carbons (Fsp3) is 0.829. The Kier molecular flexibility index (Phi) is 21.6. The van der Waals surface area contributed by atoms with Gasteiger partial charge in [-0.1, -0.05) is 121 Å². The molecule has 7 heteroatoms. The maximum absolute atomic E-state index is 12.2. The second-order valence-corrected chi connectivity index (χ2v) is 13.9. The summed E-state index contributed by atoms with van der Waals surface area (Å²) in [5, 5.41) is 0. The summed E-state index contributed by atoms with van der Waals surface area (Å²) in [4.78, 5) is 0.219. The molecule has 42 heavy (non-hydrogen) atoms. The maximum atomic E-state index is 12.2. The van der Waals surface area contributed by atoms with Crippen molar-refractivity contribution in [2.75, 3.05) is 39.6 Å². The smallest absolute Gasteiger partial charge is 0.296 e. The van der Waals surface area contributed by atoms with Crippen LogP contribution in [-0.4, -0.2) is 54.2 Å². The summed E-state index contributed by atoms with van der Waals surface area (Å²) in [5.41, 5.74) is 1.02. The zero-order chi connectivity index (χ0) is 30.1. The van der Waals surface area contributed by atoms with Crippen LogP contribution in [0.15, 0.2) is 29.2 Å². The monoisotopic (exact) mass is 610 g/mol. The maximum Gasteiger partial charge on any atom is 0.296 e. The topological polar surface area (TPSA) is 71.1 Å². The van der Waals surface area contributed by atoms with E-state index in [1.165, 1.54) is 83.5 Å². The average molecular weight is 611 g/mol. The molecule has 6 nitrogen and oxygen atoms in total. The van der Waals surface area contributed by atoms with Crippen molar-refractivity contribution in [1.82, 2.24) is 0 Å². The first-order valence-electron chi connectivity index (χ1n) is 17.2. The van der Waals surface area contributed by atoms with Gasteiger partial charge in [0.15, 0.2) is 0 Å². The van der Waals surface area contributed by atoms with Gasteiger partial charge in [-0.25, -0.2) is 0 Å². The first kappa shape index (κ1) is 37.2. The van der Waals surface area contributed by atoms with Crippen LogP contribution in [0.5, 0.6) is 0 Å². The van der Waals surface area contributed by atoms with Crippen molar-refractivity contribution in [2.45, 2.75) is 147 Å². The van der Waals surface area contributed by atoms with E-state index in [-0.39, 0.29) is 17.6 Å². The minimum atomic E-state index is -3.66. The normalized spacial score (nSPS) is 17.3. The number of hydrogen-bond acceptors (Lipinski definition) is 6. The molecule has 1 aromatic carbocycles. The van der Waals surface area contributed by atoms with Crippen molar-refractivity contribution in [2.24, 2.45) is 5.92 Å². The fourth-order valence-corrected chi connectivity index (χ4v) is 6.42. The molecule has 1 fully saturated rings. The predicted molar refractivity (Wildman–Crippen MR) is 173 cm³/mol. The molecule has 244 valence electrons. The standard InChI is InChI=1S/C35H62O6S/c1-3-4-5-6-7-8-9-10-11-12-13-14-15-18-26-39-31-34-28-33(30-40-34)29-38-25-19-16-17-20-27-41-42(36,37)35-23-21-32(2)22-24-35/h21-24,33-34H,3-20,25-31H2,1-2H3/t33-,34-/m0/s1. The molecule has 0 spiro atoms. The predicted octanol–water partition coefficient (Wildman–Crippen LogP) is 9.18. The van der Waals surface area contributed by atoms with E-state index in [1.807, 2.05) is 6.92 Å². The molecular weight excluding hydrogens is 548 g/mol. The Bertz CT molecular complexity index is 857. The van der Waals surface area contributed by atoms with Crippen molar-refractivity contribution in [3.63, 3.8) is 0 Å². The van der Waals surface area contributed by atoms with Crippen LogP contribution < -0.4 is 0 Å². The summed E-state index contributed by atoms with van der Waals surface area (Å²) in [7, 11) is -3.66. The van der Waals surface area contributed by atoms with Crippen LogP contribution in [0, 0.1) is 12.8 Å². The van der Waals surface area contributed by atoms with Gasteiger partial charge in [-0.2, -0.15) is 8.42 Å². The van der Waals surface area contributed by atoms with Gasteiger partial charge in [-0.15, -0.1) is 0 Å². The molecule has 0 bridgehead atoms. The summed E-state index contributed by atoms with van der Waals surface area (Å²) in [5.74, 6) is 0.458. The van der Waals surface area contributed by atoms with Crippen molar-refractivity contribution in [3.8, 4) is 0 Å². The lowest BCUT2D eigenvalue weighted by Crippen LogP contribution is -2.15. The highest BCUT2D eigenvalue weighted by molar-refractivity contribution is 7.86. The molecular formula is C35H62O6S.